The number of carbonyl (C=O) groups excluding carboxylic acids is 1. The highest BCUT2D eigenvalue weighted by molar-refractivity contribution is 5.80. The molecule has 0 aromatic heterocycles. The van der Waals surface area contributed by atoms with E-state index in [1.54, 1.807) is 0 Å². The fourth-order valence-electron chi connectivity index (χ4n) is 5.64. The van der Waals surface area contributed by atoms with Crippen molar-refractivity contribution in [1.29, 1.82) is 0 Å². The van der Waals surface area contributed by atoms with Gasteiger partial charge in [0.05, 0.1) is 18.8 Å². The van der Waals surface area contributed by atoms with Crippen molar-refractivity contribution in [1.82, 2.24) is 5.32 Å². The van der Waals surface area contributed by atoms with Gasteiger partial charge in [-0.25, -0.2) is 0 Å². The van der Waals surface area contributed by atoms with Crippen molar-refractivity contribution in [2.75, 3.05) is 6.61 Å². The maximum absolute atomic E-state index is 12.4. The second-order valence-corrected chi connectivity index (χ2v) is 12.8. The number of hydrogen-bond acceptors (Lipinski definition) is 4. The molecule has 250 valence electrons. The van der Waals surface area contributed by atoms with Gasteiger partial charge in [0.1, 0.15) is 6.10 Å². The molecule has 5 nitrogen and oxygen atoms in total. The first kappa shape index (κ1) is 41.1. The number of amides is 1. The van der Waals surface area contributed by atoms with E-state index in [0.717, 1.165) is 44.9 Å². The van der Waals surface area contributed by atoms with Gasteiger partial charge in [-0.05, 0) is 32.1 Å². The van der Waals surface area contributed by atoms with Gasteiger partial charge < -0.3 is 20.6 Å². The van der Waals surface area contributed by atoms with Crippen LogP contribution in [0.25, 0.3) is 0 Å². The summed E-state index contributed by atoms with van der Waals surface area (Å²) in [5.74, 6) is -0.482. The molecule has 0 aliphatic heterocycles. The fourth-order valence-corrected chi connectivity index (χ4v) is 5.64. The largest absolute Gasteiger partial charge is 0.394 e. The van der Waals surface area contributed by atoms with Gasteiger partial charge in [0.15, 0.2) is 0 Å². The van der Waals surface area contributed by atoms with Crippen LogP contribution in [0.2, 0.25) is 0 Å². The maximum atomic E-state index is 12.4. The zero-order chi connectivity index (χ0) is 30.9. The summed E-state index contributed by atoms with van der Waals surface area (Å²) in [6.07, 6.45) is 36.3. The zero-order valence-electron chi connectivity index (χ0n) is 28.1. The third-order valence-corrected chi connectivity index (χ3v) is 8.63. The minimum absolute atomic E-state index is 0.315. The topological polar surface area (TPSA) is 89.8 Å². The Hall–Kier alpha value is -0.910. The van der Waals surface area contributed by atoms with Gasteiger partial charge in [0.25, 0.3) is 0 Å². The van der Waals surface area contributed by atoms with Gasteiger partial charge in [-0.2, -0.15) is 0 Å². The number of nitrogens with one attached hydrogen (secondary N) is 1. The first-order valence-corrected chi connectivity index (χ1v) is 18.5. The summed E-state index contributed by atoms with van der Waals surface area (Å²) in [5, 5.41) is 33.0. The van der Waals surface area contributed by atoms with Crippen LogP contribution in [-0.2, 0) is 4.79 Å². The van der Waals surface area contributed by atoms with Crippen molar-refractivity contribution in [3.8, 4) is 0 Å². The monoisotopic (exact) mass is 596 g/mol. The van der Waals surface area contributed by atoms with Gasteiger partial charge in [0.2, 0.25) is 5.91 Å². The van der Waals surface area contributed by atoms with E-state index in [-0.39, 0.29) is 6.61 Å². The van der Waals surface area contributed by atoms with Crippen LogP contribution in [-0.4, -0.2) is 46.1 Å². The van der Waals surface area contributed by atoms with Crippen LogP contribution in [0.3, 0.4) is 0 Å². The molecule has 0 heterocycles. The van der Waals surface area contributed by atoms with E-state index in [1.807, 2.05) is 0 Å². The van der Waals surface area contributed by atoms with E-state index in [1.165, 1.54) is 122 Å². The van der Waals surface area contributed by atoms with Gasteiger partial charge in [-0.1, -0.05) is 174 Å². The molecule has 0 rings (SSSR count). The Bertz CT molecular complexity index is 582. The first-order valence-electron chi connectivity index (χ1n) is 18.5. The van der Waals surface area contributed by atoms with Crippen LogP contribution in [0.15, 0.2) is 12.2 Å². The lowest BCUT2D eigenvalue weighted by atomic mass is 10.0. The van der Waals surface area contributed by atoms with Crippen molar-refractivity contribution >= 4 is 5.91 Å². The van der Waals surface area contributed by atoms with Crippen molar-refractivity contribution in [2.45, 2.75) is 212 Å². The lowest BCUT2D eigenvalue weighted by molar-refractivity contribution is -0.131. The molecular weight excluding hydrogens is 522 g/mol. The molecule has 0 aromatic carbocycles. The molecule has 0 aromatic rings. The van der Waals surface area contributed by atoms with Crippen LogP contribution in [0, 0.1) is 0 Å². The molecule has 0 aliphatic rings. The normalized spacial score (nSPS) is 13.9. The average Bonchev–Trinajstić information content (AvgIpc) is 2.99. The van der Waals surface area contributed by atoms with Crippen LogP contribution < -0.4 is 5.32 Å². The molecule has 0 saturated carbocycles. The molecule has 1 amide bonds. The van der Waals surface area contributed by atoms with Crippen LogP contribution in [0.5, 0.6) is 0 Å². The summed E-state index contributed by atoms with van der Waals surface area (Å²) in [4.78, 5) is 12.4. The molecule has 0 saturated heterocycles. The summed E-state index contributed by atoms with van der Waals surface area (Å²) in [5.41, 5.74) is 0. The van der Waals surface area contributed by atoms with Crippen molar-refractivity contribution in [2.24, 2.45) is 0 Å². The van der Waals surface area contributed by atoms with Gasteiger partial charge >= 0.3 is 0 Å². The maximum Gasteiger partial charge on any atom is 0.249 e. The predicted molar refractivity (Wildman–Crippen MR) is 181 cm³/mol. The highest BCUT2D eigenvalue weighted by Gasteiger charge is 2.23. The van der Waals surface area contributed by atoms with Crippen LogP contribution in [0.4, 0.5) is 0 Å². The Kier molecular flexibility index (Phi) is 32.3. The SMILES string of the molecule is CCCC/C=C\CCCCCCC(O)C(=O)NC(CO)C(O)CCCCCCCCCCCCCCCCCCCC. The number of allylic oxidation sites excluding steroid dienone is 2. The smallest absolute Gasteiger partial charge is 0.249 e. The molecule has 0 bridgehead atoms. The Morgan fingerprint density at radius 2 is 0.929 bits per heavy atom. The number of aliphatic hydroxyl groups is 3. The predicted octanol–water partition coefficient (Wildman–Crippen LogP) is 9.70. The standard InChI is InChI=1S/C37H73NO4/c1-3-5-7-9-11-13-15-16-17-18-19-20-21-22-24-25-27-29-31-35(40)34(33-39)38-37(42)36(41)32-30-28-26-23-14-12-10-8-6-4-2/h10,12,34-36,39-41H,3-9,11,13-33H2,1-2H3,(H,38,42)/b12-10-. The van der Waals surface area contributed by atoms with E-state index < -0.39 is 24.2 Å². The highest BCUT2D eigenvalue weighted by atomic mass is 16.3. The molecule has 4 N–H and O–H groups in total. The number of aliphatic hydroxyl groups excluding tert-OH is 3. The van der Waals surface area contributed by atoms with Gasteiger partial charge in [-0.3, -0.25) is 4.79 Å². The first-order chi connectivity index (χ1) is 20.6. The van der Waals surface area contributed by atoms with E-state index in [4.69, 9.17) is 0 Å². The van der Waals surface area contributed by atoms with E-state index >= 15 is 0 Å². The van der Waals surface area contributed by atoms with Crippen molar-refractivity contribution in [3.63, 3.8) is 0 Å². The minimum atomic E-state index is -1.08. The number of rotatable bonds is 33. The molecule has 3 atom stereocenters. The highest BCUT2D eigenvalue weighted by Crippen LogP contribution is 2.16. The van der Waals surface area contributed by atoms with Crippen LogP contribution in [0.1, 0.15) is 194 Å². The van der Waals surface area contributed by atoms with Crippen molar-refractivity contribution < 1.29 is 20.1 Å². The minimum Gasteiger partial charge on any atom is -0.394 e. The van der Waals surface area contributed by atoms with E-state index in [2.05, 4.69) is 31.3 Å². The van der Waals surface area contributed by atoms with E-state index in [9.17, 15) is 20.1 Å². The molecule has 3 unspecified atom stereocenters. The summed E-state index contributed by atoms with van der Waals surface area (Å²) in [6.45, 7) is 4.17. The number of hydrogen-bond donors (Lipinski definition) is 4. The third-order valence-electron chi connectivity index (χ3n) is 8.63. The summed E-state index contributed by atoms with van der Waals surface area (Å²) >= 11 is 0. The molecule has 0 fully saturated rings. The molecule has 42 heavy (non-hydrogen) atoms. The Labute approximate surface area is 261 Å². The summed E-state index contributed by atoms with van der Waals surface area (Å²) in [6, 6.07) is -0.711. The van der Waals surface area contributed by atoms with Crippen LogP contribution >= 0.6 is 0 Å². The van der Waals surface area contributed by atoms with Gasteiger partial charge in [0, 0.05) is 0 Å². The third kappa shape index (κ3) is 27.9. The summed E-state index contributed by atoms with van der Waals surface area (Å²) in [7, 11) is 0. The Morgan fingerprint density at radius 3 is 1.38 bits per heavy atom. The number of unbranched alkanes of at least 4 members (excludes halogenated alkanes) is 23. The number of carbonyl (C=O) groups is 1. The van der Waals surface area contributed by atoms with Gasteiger partial charge in [-0.15, -0.1) is 0 Å². The Morgan fingerprint density at radius 1 is 0.548 bits per heavy atom. The van der Waals surface area contributed by atoms with Crippen molar-refractivity contribution in [3.05, 3.63) is 12.2 Å². The molecule has 0 aliphatic carbocycles. The lowest BCUT2D eigenvalue weighted by Crippen LogP contribution is -2.49. The second-order valence-electron chi connectivity index (χ2n) is 12.8. The average molecular weight is 596 g/mol. The molecule has 0 spiro atoms. The quantitative estimate of drug-likeness (QED) is 0.0449. The molecule has 0 radical (unpaired) electrons. The molecular formula is C37H73NO4. The lowest BCUT2D eigenvalue weighted by Gasteiger charge is -2.23. The zero-order valence-corrected chi connectivity index (χ0v) is 28.1. The van der Waals surface area contributed by atoms with E-state index in [0.29, 0.717) is 12.8 Å². The second kappa shape index (κ2) is 33.0. The summed E-state index contributed by atoms with van der Waals surface area (Å²) < 4.78 is 0. The Balaban J connectivity index is 3.64. The molecule has 5 heteroatoms. The fraction of sp³-hybridized carbons (Fsp3) is 0.919.